The Kier molecular flexibility index (Phi) is 2.88. The number of likely N-dealkylation sites (N-methyl/N-ethyl adjacent to an activating group) is 1. The van der Waals surface area contributed by atoms with Crippen molar-refractivity contribution in [2.45, 2.75) is 36.5 Å². The molecule has 0 saturated carbocycles. The van der Waals surface area contributed by atoms with Gasteiger partial charge in [0.2, 0.25) is 0 Å². The van der Waals surface area contributed by atoms with Crippen molar-refractivity contribution in [3.05, 3.63) is 35.4 Å². The summed E-state index contributed by atoms with van der Waals surface area (Å²) in [5.41, 5.74) is 2.29. The lowest BCUT2D eigenvalue weighted by atomic mass is 9.53. The first-order chi connectivity index (χ1) is 10.1. The lowest BCUT2D eigenvalue weighted by molar-refractivity contribution is -0.0453. The number of rotatable bonds is 0. The molecule has 22 heavy (non-hydrogen) atoms. The van der Waals surface area contributed by atoms with Crippen LogP contribution in [0.2, 0.25) is 0 Å². The maximum atomic E-state index is 10.4. The highest BCUT2D eigenvalue weighted by atomic mass is 35.5. The number of aromatic hydroxyl groups is 1. The normalized spacial score (nSPS) is 40.6. The number of nitrogens with zero attached hydrogens (tertiary/aromatic N) is 1. The number of ether oxygens (including phenoxy) is 1. The average Bonchev–Trinajstić information content (AvgIpc) is 2.83. The van der Waals surface area contributed by atoms with E-state index < -0.39 is 6.10 Å². The Morgan fingerprint density at radius 1 is 1.32 bits per heavy atom. The molecular formula is C17H20ClNO3. The number of likely N-dealkylation sites (tertiary alicyclic amines) is 1. The molecule has 0 unspecified atom stereocenters. The van der Waals surface area contributed by atoms with Crippen LogP contribution in [-0.2, 0) is 11.8 Å². The minimum absolute atomic E-state index is 0. The molecule has 5 atom stereocenters. The molecule has 1 saturated heterocycles. The molecule has 1 aromatic carbocycles. The van der Waals surface area contributed by atoms with Crippen LogP contribution in [0.1, 0.15) is 17.5 Å². The summed E-state index contributed by atoms with van der Waals surface area (Å²) in [4.78, 5) is 2.43. The molecule has 5 heteroatoms. The number of halogens is 1. The molecule has 1 fully saturated rings. The Labute approximate surface area is 135 Å². The Morgan fingerprint density at radius 3 is 2.95 bits per heavy atom. The van der Waals surface area contributed by atoms with Crippen molar-refractivity contribution in [3.8, 4) is 11.5 Å². The van der Waals surface area contributed by atoms with Gasteiger partial charge in [-0.15, -0.1) is 12.4 Å². The summed E-state index contributed by atoms with van der Waals surface area (Å²) < 4.78 is 6.09. The summed E-state index contributed by atoms with van der Waals surface area (Å²) in [5.74, 6) is 1.19. The third-order valence-electron chi connectivity index (χ3n) is 6.15. The molecular weight excluding hydrogens is 302 g/mol. The van der Waals surface area contributed by atoms with Gasteiger partial charge in [0.25, 0.3) is 0 Å². The Hall–Kier alpha value is -1.23. The van der Waals surface area contributed by atoms with E-state index in [0.717, 1.165) is 19.4 Å². The SMILES string of the molecule is CN1CC[C@]23c4c5ccc(O)c4O[C@H]2[C@@H](O)C=C[C@H]3[C@H]1C5.Cl. The summed E-state index contributed by atoms with van der Waals surface area (Å²) in [6, 6.07) is 4.23. The Balaban J connectivity index is 0.00000125. The fourth-order valence-corrected chi connectivity index (χ4v) is 5.24. The lowest BCUT2D eigenvalue weighted by Crippen LogP contribution is -2.64. The van der Waals surface area contributed by atoms with E-state index in [4.69, 9.17) is 4.74 Å². The summed E-state index contributed by atoms with van der Waals surface area (Å²) in [7, 11) is 2.19. The molecule has 2 heterocycles. The third kappa shape index (κ3) is 1.41. The molecule has 0 amide bonds. The molecule has 2 aliphatic heterocycles. The zero-order chi connectivity index (χ0) is 14.4. The highest BCUT2D eigenvalue weighted by Gasteiger charge is 2.64. The van der Waals surface area contributed by atoms with Crippen LogP contribution in [0.3, 0.4) is 0 Å². The second-order valence-electron chi connectivity index (χ2n) is 6.93. The quantitative estimate of drug-likeness (QED) is 0.713. The first-order valence-corrected chi connectivity index (χ1v) is 7.71. The highest BCUT2D eigenvalue weighted by molar-refractivity contribution is 5.85. The molecule has 1 spiro atoms. The van der Waals surface area contributed by atoms with Gasteiger partial charge in [0.05, 0.1) is 0 Å². The van der Waals surface area contributed by atoms with Crippen LogP contribution < -0.4 is 4.74 Å². The molecule has 2 aliphatic carbocycles. The summed E-state index contributed by atoms with van der Waals surface area (Å²) in [5, 5.41) is 20.6. The first kappa shape index (κ1) is 14.4. The van der Waals surface area contributed by atoms with Gasteiger partial charge in [0.15, 0.2) is 11.5 Å². The highest BCUT2D eigenvalue weighted by Crippen LogP contribution is 2.62. The van der Waals surface area contributed by atoms with Crippen LogP contribution in [0.5, 0.6) is 11.5 Å². The van der Waals surface area contributed by atoms with Crippen molar-refractivity contribution < 1.29 is 14.9 Å². The maximum Gasteiger partial charge on any atom is 0.165 e. The molecule has 0 radical (unpaired) electrons. The molecule has 4 nitrogen and oxygen atoms in total. The van der Waals surface area contributed by atoms with Crippen molar-refractivity contribution in [2.75, 3.05) is 13.6 Å². The van der Waals surface area contributed by atoms with Gasteiger partial charge >= 0.3 is 0 Å². The minimum atomic E-state index is -0.594. The van der Waals surface area contributed by atoms with Gasteiger partial charge in [-0.2, -0.15) is 0 Å². The van der Waals surface area contributed by atoms with Crippen LogP contribution in [0.4, 0.5) is 0 Å². The van der Waals surface area contributed by atoms with Crippen LogP contribution in [0.15, 0.2) is 24.3 Å². The largest absolute Gasteiger partial charge is 0.504 e. The number of phenols is 1. The second kappa shape index (κ2) is 4.40. The van der Waals surface area contributed by atoms with Crippen LogP contribution in [0, 0.1) is 5.92 Å². The van der Waals surface area contributed by atoms with Gasteiger partial charge in [0, 0.05) is 22.9 Å². The van der Waals surface area contributed by atoms with Crippen LogP contribution >= 0.6 is 12.4 Å². The van der Waals surface area contributed by atoms with E-state index in [0.29, 0.717) is 17.7 Å². The number of hydrogen-bond donors (Lipinski definition) is 2. The molecule has 1 aromatic rings. The van der Waals surface area contributed by atoms with Crippen LogP contribution in [-0.4, -0.2) is 47.0 Å². The van der Waals surface area contributed by atoms with Crippen molar-refractivity contribution in [2.24, 2.45) is 5.92 Å². The fraction of sp³-hybridized carbons (Fsp3) is 0.529. The molecule has 2 N–H and O–H groups in total. The molecule has 4 aliphatic rings. The summed E-state index contributed by atoms with van der Waals surface area (Å²) in [6.45, 7) is 1.01. The molecule has 0 aromatic heterocycles. The fourth-order valence-electron chi connectivity index (χ4n) is 5.24. The van der Waals surface area contributed by atoms with Gasteiger partial charge in [-0.25, -0.2) is 0 Å². The smallest absolute Gasteiger partial charge is 0.165 e. The van der Waals surface area contributed by atoms with E-state index in [1.165, 1.54) is 11.1 Å². The van der Waals surface area contributed by atoms with E-state index in [-0.39, 0.29) is 29.7 Å². The van der Waals surface area contributed by atoms with Crippen LogP contribution in [0.25, 0.3) is 0 Å². The monoisotopic (exact) mass is 321 g/mol. The predicted octanol–water partition coefficient (Wildman–Crippen LogP) is 1.62. The van der Waals surface area contributed by atoms with E-state index in [1.54, 1.807) is 6.07 Å². The summed E-state index contributed by atoms with van der Waals surface area (Å²) in [6.07, 6.45) is 5.18. The number of piperidine rings is 1. The minimum Gasteiger partial charge on any atom is -0.504 e. The first-order valence-electron chi connectivity index (χ1n) is 7.71. The van der Waals surface area contributed by atoms with Gasteiger partial charge in [-0.1, -0.05) is 18.2 Å². The number of aliphatic hydroxyl groups is 1. The van der Waals surface area contributed by atoms with Gasteiger partial charge in [-0.3, -0.25) is 0 Å². The van der Waals surface area contributed by atoms with Crippen molar-refractivity contribution >= 4 is 12.4 Å². The number of phenolic OH excluding ortho intramolecular Hbond substituents is 1. The maximum absolute atomic E-state index is 10.4. The van der Waals surface area contributed by atoms with E-state index in [1.807, 2.05) is 12.1 Å². The number of benzene rings is 1. The molecule has 118 valence electrons. The number of hydrogen-bond acceptors (Lipinski definition) is 4. The summed E-state index contributed by atoms with van der Waals surface area (Å²) >= 11 is 0. The average molecular weight is 322 g/mol. The van der Waals surface area contributed by atoms with Crippen molar-refractivity contribution in [3.63, 3.8) is 0 Å². The number of aliphatic hydroxyl groups excluding tert-OH is 1. The van der Waals surface area contributed by atoms with Crippen molar-refractivity contribution in [1.82, 2.24) is 4.90 Å². The lowest BCUT2D eigenvalue weighted by Gasteiger charge is -2.56. The van der Waals surface area contributed by atoms with E-state index in [2.05, 4.69) is 18.0 Å². The third-order valence-corrected chi connectivity index (χ3v) is 6.15. The second-order valence-corrected chi connectivity index (χ2v) is 6.93. The molecule has 2 bridgehead atoms. The standard InChI is InChI=1S/C17H19NO3.ClH/c1-18-7-6-17-10-3-5-13(20)16(17)21-15-12(19)4-2-9(14(15)17)8-11(10)18;/h2-5,10-11,13,16,19-20H,6-8H2,1H3;1H/t10-,11+,13-,16-,17-;/m0./s1. The van der Waals surface area contributed by atoms with Gasteiger partial charge in [0.1, 0.15) is 12.2 Å². The predicted molar refractivity (Wildman–Crippen MR) is 84.8 cm³/mol. The van der Waals surface area contributed by atoms with Gasteiger partial charge < -0.3 is 19.8 Å². The molecule has 5 rings (SSSR count). The zero-order valence-corrected chi connectivity index (χ0v) is 13.2. The Bertz CT molecular complexity index is 676. The van der Waals surface area contributed by atoms with E-state index in [9.17, 15) is 10.2 Å². The van der Waals surface area contributed by atoms with E-state index >= 15 is 0 Å². The Morgan fingerprint density at radius 2 is 2.14 bits per heavy atom. The topological polar surface area (TPSA) is 52.9 Å². The van der Waals surface area contributed by atoms with Crippen molar-refractivity contribution in [1.29, 1.82) is 0 Å². The van der Waals surface area contributed by atoms with Gasteiger partial charge in [-0.05, 0) is 38.1 Å². The zero-order valence-electron chi connectivity index (χ0n) is 12.4.